The van der Waals surface area contributed by atoms with Crippen molar-refractivity contribution in [3.8, 4) is 5.75 Å². The van der Waals surface area contributed by atoms with Gasteiger partial charge in [0, 0.05) is 18.2 Å². The minimum Gasteiger partial charge on any atom is -0.494 e. The Morgan fingerprint density at radius 1 is 1.44 bits per heavy atom. The highest BCUT2D eigenvalue weighted by Crippen LogP contribution is 2.16. The zero-order valence-electron chi connectivity index (χ0n) is 9.69. The lowest BCUT2D eigenvalue weighted by Crippen LogP contribution is -2.23. The third-order valence-corrected chi connectivity index (χ3v) is 2.09. The summed E-state index contributed by atoms with van der Waals surface area (Å²) in [6.07, 6.45) is 0.327. The molecule has 0 spiro atoms. The van der Waals surface area contributed by atoms with Gasteiger partial charge < -0.3 is 15.8 Å². The lowest BCUT2D eigenvalue weighted by atomic mass is 10.2. The molecule has 1 aromatic carbocycles. The van der Waals surface area contributed by atoms with Gasteiger partial charge in [-0.05, 0) is 38.1 Å². The van der Waals surface area contributed by atoms with Crippen LogP contribution in [0.25, 0.3) is 0 Å². The van der Waals surface area contributed by atoms with Crippen LogP contribution in [-0.4, -0.2) is 18.6 Å². The molecule has 88 valence electrons. The molecule has 0 bridgehead atoms. The number of carbonyl (C=O) groups excluding carboxylic acids is 1. The number of hydrogen-bond donors (Lipinski definition) is 2. The second-order valence-electron chi connectivity index (χ2n) is 3.67. The van der Waals surface area contributed by atoms with E-state index < -0.39 is 0 Å². The molecule has 4 heteroatoms. The summed E-state index contributed by atoms with van der Waals surface area (Å²) in [6, 6.07) is 7.66. The molecule has 0 fully saturated rings. The fourth-order valence-corrected chi connectivity index (χ4v) is 1.45. The maximum atomic E-state index is 10.7. The van der Waals surface area contributed by atoms with Gasteiger partial charge in [0.25, 0.3) is 0 Å². The summed E-state index contributed by atoms with van der Waals surface area (Å²) < 4.78 is 5.33. The Morgan fingerprint density at radius 3 is 2.56 bits per heavy atom. The summed E-state index contributed by atoms with van der Waals surface area (Å²) in [5, 5.41) is 3.19. The Bertz CT molecular complexity index is 335. The Balaban J connectivity index is 2.51. The molecule has 1 amide bonds. The molecular formula is C12H18N2O2. The van der Waals surface area contributed by atoms with E-state index in [9.17, 15) is 4.79 Å². The van der Waals surface area contributed by atoms with Crippen molar-refractivity contribution in [3.63, 3.8) is 0 Å². The minimum atomic E-state index is -0.300. The highest BCUT2D eigenvalue weighted by atomic mass is 16.5. The van der Waals surface area contributed by atoms with Crippen molar-refractivity contribution in [1.82, 2.24) is 0 Å². The van der Waals surface area contributed by atoms with E-state index in [1.807, 2.05) is 38.1 Å². The maximum absolute atomic E-state index is 10.7. The zero-order valence-corrected chi connectivity index (χ0v) is 9.69. The van der Waals surface area contributed by atoms with Crippen molar-refractivity contribution in [1.29, 1.82) is 0 Å². The zero-order chi connectivity index (χ0) is 12.0. The number of nitrogens with two attached hydrogens (primary N) is 1. The first-order valence-electron chi connectivity index (χ1n) is 5.39. The van der Waals surface area contributed by atoms with Crippen LogP contribution in [-0.2, 0) is 4.79 Å². The first-order chi connectivity index (χ1) is 7.61. The Kier molecular flexibility index (Phi) is 4.64. The highest BCUT2D eigenvalue weighted by Gasteiger charge is 2.05. The summed E-state index contributed by atoms with van der Waals surface area (Å²) in [5.74, 6) is 0.543. The summed E-state index contributed by atoms with van der Waals surface area (Å²) in [6.45, 7) is 4.52. The predicted molar refractivity (Wildman–Crippen MR) is 64.5 cm³/mol. The highest BCUT2D eigenvalue weighted by molar-refractivity contribution is 5.74. The average Bonchev–Trinajstić information content (AvgIpc) is 2.20. The minimum absolute atomic E-state index is 0.0374. The van der Waals surface area contributed by atoms with Gasteiger partial charge in [0.1, 0.15) is 5.75 Å². The maximum Gasteiger partial charge on any atom is 0.219 e. The van der Waals surface area contributed by atoms with E-state index >= 15 is 0 Å². The second kappa shape index (κ2) is 6.00. The number of primary amides is 1. The lowest BCUT2D eigenvalue weighted by molar-refractivity contribution is -0.118. The molecule has 16 heavy (non-hydrogen) atoms. The molecule has 0 radical (unpaired) electrons. The van der Waals surface area contributed by atoms with Crippen LogP contribution >= 0.6 is 0 Å². The number of benzene rings is 1. The smallest absolute Gasteiger partial charge is 0.219 e. The summed E-state index contributed by atoms with van der Waals surface area (Å²) in [7, 11) is 0. The van der Waals surface area contributed by atoms with Crippen molar-refractivity contribution in [2.24, 2.45) is 5.73 Å². The Hall–Kier alpha value is -1.71. The van der Waals surface area contributed by atoms with Gasteiger partial charge in [0.05, 0.1) is 6.61 Å². The van der Waals surface area contributed by atoms with Crippen LogP contribution in [0.1, 0.15) is 20.3 Å². The van der Waals surface area contributed by atoms with E-state index in [1.165, 1.54) is 0 Å². The van der Waals surface area contributed by atoms with Crippen LogP contribution in [0.3, 0.4) is 0 Å². The van der Waals surface area contributed by atoms with Crippen LogP contribution in [0.4, 0.5) is 5.69 Å². The molecule has 1 unspecified atom stereocenters. The topological polar surface area (TPSA) is 64.3 Å². The summed E-state index contributed by atoms with van der Waals surface area (Å²) in [5.41, 5.74) is 6.07. The van der Waals surface area contributed by atoms with Gasteiger partial charge in [-0.15, -0.1) is 0 Å². The number of amides is 1. The molecule has 0 aliphatic carbocycles. The van der Waals surface area contributed by atoms with Crippen LogP contribution < -0.4 is 15.8 Å². The van der Waals surface area contributed by atoms with Crippen molar-refractivity contribution < 1.29 is 9.53 Å². The fourth-order valence-electron chi connectivity index (χ4n) is 1.45. The first-order valence-corrected chi connectivity index (χ1v) is 5.39. The number of anilines is 1. The van der Waals surface area contributed by atoms with Gasteiger partial charge >= 0.3 is 0 Å². The third-order valence-electron chi connectivity index (χ3n) is 2.09. The molecule has 1 atom stereocenters. The molecular weight excluding hydrogens is 204 g/mol. The molecule has 0 aliphatic rings. The summed E-state index contributed by atoms with van der Waals surface area (Å²) >= 11 is 0. The number of rotatable bonds is 6. The average molecular weight is 222 g/mol. The largest absolute Gasteiger partial charge is 0.494 e. The van der Waals surface area contributed by atoms with Gasteiger partial charge in [-0.25, -0.2) is 0 Å². The molecule has 0 aliphatic heterocycles. The molecule has 1 aromatic rings. The third kappa shape index (κ3) is 4.21. The number of carbonyl (C=O) groups is 1. The monoisotopic (exact) mass is 222 g/mol. The first kappa shape index (κ1) is 12.4. The molecule has 0 saturated carbocycles. The second-order valence-corrected chi connectivity index (χ2v) is 3.67. The molecule has 4 nitrogen and oxygen atoms in total. The molecule has 0 saturated heterocycles. The van der Waals surface area contributed by atoms with Gasteiger partial charge in [-0.1, -0.05) is 0 Å². The van der Waals surface area contributed by atoms with E-state index in [2.05, 4.69) is 5.32 Å². The molecule has 0 heterocycles. The van der Waals surface area contributed by atoms with Crippen molar-refractivity contribution >= 4 is 11.6 Å². The van der Waals surface area contributed by atoms with Gasteiger partial charge in [-0.3, -0.25) is 4.79 Å². The molecule has 3 N–H and O–H groups in total. The SMILES string of the molecule is CCOc1ccc(NC(C)CC(N)=O)cc1. The standard InChI is InChI=1S/C12H18N2O2/c1-3-16-11-6-4-10(5-7-11)14-9(2)8-12(13)15/h4-7,9,14H,3,8H2,1-2H3,(H2,13,15). The van der Waals surface area contributed by atoms with Crippen LogP contribution in [0.15, 0.2) is 24.3 Å². The molecule has 1 rings (SSSR count). The summed E-state index contributed by atoms with van der Waals surface area (Å²) in [4.78, 5) is 10.7. The van der Waals surface area contributed by atoms with E-state index in [0.717, 1.165) is 11.4 Å². The van der Waals surface area contributed by atoms with Gasteiger partial charge in [0.2, 0.25) is 5.91 Å². The number of ether oxygens (including phenoxy) is 1. The number of hydrogen-bond acceptors (Lipinski definition) is 3. The van der Waals surface area contributed by atoms with Crippen LogP contribution in [0.5, 0.6) is 5.75 Å². The van der Waals surface area contributed by atoms with Crippen molar-refractivity contribution in [3.05, 3.63) is 24.3 Å². The van der Waals surface area contributed by atoms with E-state index in [-0.39, 0.29) is 11.9 Å². The quantitative estimate of drug-likeness (QED) is 0.770. The fraction of sp³-hybridized carbons (Fsp3) is 0.417. The van der Waals surface area contributed by atoms with Crippen molar-refractivity contribution in [2.45, 2.75) is 26.3 Å². The van der Waals surface area contributed by atoms with Crippen molar-refractivity contribution in [2.75, 3.05) is 11.9 Å². The van der Waals surface area contributed by atoms with Gasteiger partial charge in [-0.2, -0.15) is 0 Å². The Morgan fingerprint density at radius 2 is 2.06 bits per heavy atom. The van der Waals surface area contributed by atoms with E-state index in [4.69, 9.17) is 10.5 Å². The lowest BCUT2D eigenvalue weighted by Gasteiger charge is -2.13. The van der Waals surface area contributed by atoms with Crippen LogP contribution in [0.2, 0.25) is 0 Å². The van der Waals surface area contributed by atoms with Gasteiger partial charge in [0.15, 0.2) is 0 Å². The Labute approximate surface area is 95.8 Å². The van der Waals surface area contributed by atoms with E-state index in [0.29, 0.717) is 13.0 Å². The molecule has 0 aromatic heterocycles. The normalized spacial score (nSPS) is 11.9. The predicted octanol–water partition coefficient (Wildman–Crippen LogP) is 1.76. The number of nitrogens with one attached hydrogen (secondary N) is 1. The van der Waals surface area contributed by atoms with Crippen LogP contribution in [0, 0.1) is 0 Å². The van der Waals surface area contributed by atoms with E-state index in [1.54, 1.807) is 0 Å².